The summed E-state index contributed by atoms with van der Waals surface area (Å²) in [6.45, 7) is 4.22. The average molecular weight is 398 g/mol. The molecule has 0 atom stereocenters. The number of carbonyl (C=O) groups is 1. The summed E-state index contributed by atoms with van der Waals surface area (Å²) in [6, 6.07) is 15.7. The van der Waals surface area contributed by atoms with Crippen molar-refractivity contribution in [3.8, 4) is 0 Å². The van der Waals surface area contributed by atoms with E-state index >= 15 is 0 Å². The number of fused-ring (bicyclic) bond motifs is 1. The normalized spacial score (nSPS) is 18.8. The average Bonchev–Trinajstić information content (AvgIpc) is 2.74. The topological polar surface area (TPSA) is 66.9 Å². The van der Waals surface area contributed by atoms with Crippen LogP contribution in [0.3, 0.4) is 0 Å². The van der Waals surface area contributed by atoms with Crippen LogP contribution in [0.2, 0.25) is 0 Å². The van der Waals surface area contributed by atoms with Gasteiger partial charge in [0.05, 0.1) is 23.8 Å². The molecule has 0 bridgehead atoms. The van der Waals surface area contributed by atoms with Crippen molar-refractivity contribution in [3.63, 3.8) is 0 Å². The number of allylic oxidation sites excluding steroid dienone is 1. The maximum atomic E-state index is 13.5. The molecule has 2 aliphatic rings. The Bertz CT molecular complexity index is 1030. The molecule has 0 amide bonds. The predicted molar refractivity (Wildman–Crippen MR) is 106 cm³/mol. The van der Waals surface area contributed by atoms with Crippen molar-refractivity contribution in [1.82, 2.24) is 9.21 Å². The van der Waals surface area contributed by atoms with E-state index in [2.05, 4.69) is 4.90 Å². The van der Waals surface area contributed by atoms with Gasteiger partial charge in [0.25, 0.3) is 10.0 Å². The Kier molecular flexibility index (Phi) is 4.95. The molecule has 2 heterocycles. The molecule has 0 aromatic heterocycles. The SMILES string of the molecule is CCN1C(C(=O)c2ccccc2)=C(N2CCOCC2)c2ccccc2S1(=O)=O. The number of morpholine rings is 1. The van der Waals surface area contributed by atoms with Crippen LogP contribution in [0.4, 0.5) is 0 Å². The lowest BCUT2D eigenvalue weighted by Crippen LogP contribution is -2.43. The first-order chi connectivity index (χ1) is 13.6. The minimum atomic E-state index is -3.81. The summed E-state index contributed by atoms with van der Waals surface area (Å²) in [5.41, 5.74) is 1.93. The van der Waals surface area contributed by atoms with E-state index in [1.807, 2.05) is 6.07 Å². The van der Waals surface area contributed by atoms with Gasteiger partial charge in [0.1, 0.15) is 5.70 Å². The van der Waals surface area contributed by atoms with Gasteiger partial charge in [-0.3, -0.25) is 9.10 Å². The molecule has 0 unspecified atom stereocenters. The highest BCUT2D eigenvalue weighted by atomic mass is 32.2. The number of hydrogen-bond donors (Lipinski definition) is 0. The molecule has 6 nitrogen and oxygen atoms in total. The lowest BCUT2D eigenvalue weighted by atomic mass is 10.0. The zero-order valence-electron chi connectivity index (χ0n) is 15.7. The second-order valence-corrected chi connectivity index (χ2v) is 8.49. The first-order valence-electron chi connectivity index (χ1n) is 9.34. The second kappa shape index (κ2) is 7.41. The molecule has 28 heavy (non-hydrogen) atoms. The van der Waals surface area contributed by atoms with Crippen molar-refractivity contribution >= 4 is 21.5 Å². The Morgan fingerprint density at radius 2 is 1.64 bits per heavy atom. The molecular weight excluding hydrogens is 376 g/mol. The number of nitrogens with zero attached hydrogens (tertiary/aromatic N) is 2. The molecule has 2 aliphatic heterocycles. The molecule has 4 rings (SSSR count). The first-order valence-corrected chi connectivity index (χ1v) is 10.8. The van der Waals surface area contributed by atoms with Crippen molar-refractivity contribution in [2.45, 2.75) is 11.8 Å². The van der Waals surface area contributed by atoms with Crippen LogP contribution in [0.25, 0.3) is 5.70 Å². The van der Waals surface area contributed by atoms with Gasteiger partial charge in [0.2, 0.25) is 5.78 Å². The van der Waals surface area contributed by atoms with Crippen LogP contribution in [0.15, 0.2) is 65.2 Å². The third kappa shape index (κ3) is 3.00. The fourth-order valence-corrected chi connectivity index (χ4v) is 5.43. The molecule has 2 aromatic rings. The quantitative estimate of drug-likeness (QED) is 0.741. The van der Waals surface area contributed by atoms with Crippen molar-refractivity contribution in [2.75, 3.05) is 32.8 Å². The number of carbonyl (C=O) groups excluding carboxylic acids is 1. The number of hydrogen-bond acceptors (Lipinski definition) is 5. The van der Waals surface area contributed by atoms with Gasteiger partial charge in [0, 0.05) is 30.8 Å². The van der Waals surface area contributed by atoms with E-state index in [1.54, 1.807) is 55.5 Å². The summed E-state index contributed by atoms with van der Waals surface area (Å²) in [7, 11) is -3.81. The maximum Gasteiger partial charge on any atom is 0.265 e. The van der Waals surface area contributed by atoms with Gasteiger partial charge >= 0.3 is 0 Å². The number of benzene rings is 2. The fraction of sp³-hybridized carbons (Fsp3) is 0.286. The van der Waals surface area contributed by atoms with E-state index < -0.39 is 10.0 Å². The summed E-state index contributed by atoms with van der Waals surface area (Å²) >= 11 is 0. The molecule has 1 saturated heterocycles. The van der Waals surface area contributed by atoms with Crippen LogP contribution in [0, 0.1) is 0 Å². The standard InChI is InChI=1S/C21H22N2O4S/c1-2-23-20(21(24)16-8-4-3-5-9-16)19(22-12-14-27-15-13-22)17-10-6-7-11-18(17)28(23,25)26/h3-11H,2,12-15H2,1H3. The number of ketones is 1. The summed E-state index contributed by atoms with van der Waals surface area (Å²) in [5.74, 6) is -0.290. The first kappa shape index (κ1) is 18.7. The maximum absolute atomic E-state index is 13.5. The number of likely N-dealkylation sites (N-methyl/N-ethyl adjacent to an activating group) is 1. The van der Waals surface area contributed by atoms with Crippen molar-refractivity contribution in [3.05, 3.63) is 71.4 Å². The van der Waals surface area contributed by atoms with Gasteiger partial charge in [0.15, 0.2) is 0 Å². The molecule has 0 aliphatic carbocycles. The Morgan fingerprint density at radius 1 is 1.00 bits per heavy atom. The molecule has 146 valence electrons. The summed E-state index contributed by atoms with van der Waals surface area (Å²) in [4.78, 5) is 15.8. The summed E-state index contributed by atoms with van der Waals surface area (Å²) in [6.07, 6.45) is 0. The fourth-order valence-electron chi connectivity index (χ4n) is 3.75. The van der Waals surface area contributed by atoms with Gasteiger partial charge in [-0.2, -0.15) is 0 Å². The van der Waals surface area contributed by atoms with Crippen LogP contribution in [-0.4, -0.2) is 56.3 Å². The van der Waals surface area contributed by atoms with E-state index in [9.17, 15) is 13.2 Å². The van der Waals surface area contributed by atoms with E-state index in [4.69, 9.17) is 4.74 Å². The molecule has 0 saturated carbocycles. The van der Waals surface area contributed by atoms with Crippen LogP contribution < -0.4 is 0 Å². The minimum Gasteiger partial charge on any atom is -0.378 e. The van der Waals surface area contributed by atoms with E-state index in [1.165, 1.54) is 4.31 Å². The number of Topliss-reactive ketones (excluding diaryl/α,β-unsaturated/α-hetero) is 1. The largest absolute Gasteiger partial charge is 0.378 e. The summed E-state index contributed by atoms with van der Waals surface area (Å²) < 4.78 is 33.3. The number of ether oxygens (including phenoxy) is 1. The zero-order chi connectivity index (χ0) is 19.7. The molecule has 7 heteroatoms. The molecule has 0 spiro atoms. The molecule has 0 radical (unpaired) electrons. The Morgan fingerprint density at radius 3 is 2.32 bits per heavy atom. The molecule has 2 aromatic carbocycles. The van der Waals surface area contributed by atoms with Gasteiger partial charge in [-0.25, -0.2) is 8.42 Å². The zero-order valence-corrected chi connectivity index (χ0v) is 16.5. The van der Waals surface area contributed by atoms with Gasteiger partial charge in [-0.05, 0) is 13.0 Å². The second-order valence-electron chi connectivity index (χ2n) is 6.66. The van der Waals surface area contributed by atoms with E-state index in [0.29, 0.717) is 43.1 Å². The Hall–Kier alpha value is -2.64. The van der Waals surface area contributed by atoms with Crippen molar-refractivity contribution in [1.29, 1.82) is 0 Å². The lowest BCUT2D eigenvalue weighted by Gasteiger charge is -2.39. The summed E-state index contributed by atoms with van der Waals surface area (Å²) in [5, 5.41) is 0. The van der Waals surface area contributed by atoms with E-state index in [-0.39, 0.29) is 22.9 Å². The monoisotopic (exact) mass is 398 g/mol. The third-order valence-corrected chi connectivity index (χ3v) is 6.98. The molecular formula is C21H22N2O4S. The Labute approximate surface area is 165 Å². The van der Waals surface area contributed by atoms with Crippen LogP contribution in [-0.2, 0) is 14.8 Å². The third-order valence-electron chi connectivity index (χ3n) is 5.05. The van der Waals surface area contributed by atoms with Gasteiger partial charge in [-0.15, -0.1) is 0 Å². The van der Waals surface area contributed by atoms with Crippen molar-refractivity contribution < 1.29 is 17.9 Å². The lowest BCUT2D eigenvalue weighted by molar-refractivity contribution is 0.0628. The van der Waals surface area contributed by atoms with E-state index in [0.717, 1.165) is 0 Å². The van der Waals surface area contributed by atoms with Gasteiger partial charge < -0.3 is 9.64 Å². The van der Waals surface area contributed by atoms with Crippen LogP contribution in [0.5, 0.6) is 0 Å². The minimum absolute atomic E-state index is 0.179. The highest BCUT2D eigenvalue weighted by Crippen LogP contribution is 2.39. The smallest absolute Gasteiger partial charge is 0.265 e. The highest BCUT2D eigenvalue weighted by Gasteiger charge is 2.41. The van der Waals surface area contributed by atoms with Crippen molar-refractivity contribution in [2.24, 2.45) is 0 Å². The van der Waals surface area contributed by atoms with Crippen LogP contribution >= 0.6 is 0 Å². The molecule has 1 fully saturated rings. The highest BCUT2D eigenvalue weighted by molar-refractivity contribution is 7.89. The molecule has 0 N–H and O–H groups in total. The van der Waals surface area contributed by atoms with Gasteiger partial charge in [-0.1, -0.05) is 48.5 Å². The van der Waals surface area contributed by atoms with Crippen LogP contribution in [0.1, 0.15) is 22.8 Å². The number of sulfonamides is 1. The Balaban J connectivity index is 2.01. The predicted octanol–water partition coefficient (Wildman–Crippen LogP) is 2.59. The number of rotatable bonds is 4.